The molecule has 1 aromatic rings. The molecular weight excluding hydrogens is 248 g/mol. The van der Waals surface area contributed by atoms with Crippen molar-refractivity contribution in [1.29, 1.82) is 0 Å². The van der Waals surface area contributed by atoms with Crippen LogP contribution in [0.4, 0.5) is 5.69 Å². The van der Waals surface area contributed by atoms with Crippen LogP contribution >= 0.6 is 0 Å². The van der Waals surface area contributed by atoms with Crippen molar-refractivity contribution in [3.8, 4) is 0 Å². The van der Waals surface area contributed by atoms with Crippen LogP contribution in [0.2, 0.25) is 0 Å². The molecule has 0 amide bonds. The summed E-state index contributed by atoms with van der Waals surface area (Å²) < 4.78 is 6.19. The van der Waals surface area contributed by atoms with Gasteiger partial charge in [-0.05, 0) is 46.8 Å². The van der Waals surface area contributed by atoms with Crippen LogP contribution in [0.1, 0.15) is 34.6 Å². The Hall–Kier alpha value is -1.06. The summed E-state index contributed by atoms with van der Waals surface area (Å²) in [5.41, 5.74) is 7.27. The molecule has 1 heterocycles. The molecule has 0 aromatic heterocycles. The predicted molar refractivity (Wildman–Crippen MR) is 85.0 cm³/mol. The fourth-order valence-electron chi connectivity index (χ4n) is 3.37. The molecule has 2 unspecified atom stereocenters. The number of nitrogens with two attached hydrogens (primary N) is 1. The number of ether oxygens (including phenoxy) is 1. The summed E-state index contributed by atoms with van der Waals surface area (Å²) >= 11 is 0. The van der Waals surface area contributed by atoms with E-state index in [2.05, 4.69) is 69.9 Å². The van der Waals surface area contributed by atoms with Gasteiger partial charge in [0.25, 0.3) is 0 Å². The fraction of sp³-hybridized carbons (Fsp3) is 0.647. The van der Waals surface area contributed by atoms with Crippen LogP contribution in [0.5, 0.6) is 0 Å². The van der Waals surface area contributed by atoms with Gasteiger partial charge in [0, 0.05) is 30.7 Å². The van der Waals surface area contributed by atoms with Crippen molar-refractivity contribution in [1.82, 2.24) is 0 Å². The van der Waals surface area contributed by atoms with Crippen molar-refractivity contribution >= 4 is 5.69 Å². The molecule has 0 bridgehead atoms. The van der Waals surface area contributed by atoms with Crippen LogP contribution in [0.3, 0.4) is 0 Å². The summed E-state index contributed by atoms with van der Waals surface area (Å²) in [4.78, 5) is 2.39. The van der Waals surface area contributed by atoms with E-state index in [4.69, 9.17) is 10.5 Å². The van der Waals surface area contributed by atoms with Gasteiger partial charge in [-0.2, -0.15) is 0 Å². The first-order valence-electron chi connectivity index (χ1n) is 7.53. The quantitative estimate of drug-likeness (QED) is 0.918. The largest absolute Gasteiger partial charge is 0.371 e. The van der Waals surface area contributed by atoms with Gasteiger partial charge in [-0.25, -0.2) is 0 Å². The minimum Gasteiger partial charge on any atom is -0.371 e. The number of hydrogen-bond donors (Lipinski definition) is 1. The third-order valence-corrected chi connectivity index (χ3v) is 4.58. The molecule has 0 saturated carbocycles. The first-order valence-corrected chi connectivity index (χ1v) is 7.53. The van der Waals surface area contributed by atoms with Gasteiger partial charge < -0.3 is 15.4 Å². The second-order valence-electron chi connectivity index (χ2n) is 6.82. The van der Waals surface area contributed by atoms with Gasteiger partial charge in [-0.15, -0.1) is 0 Å². The molecule has 3 heteroatoms. The van der Waals surface area contributed by atoms with Crippen molar-refractivity contribution in [2.45, 2.75) is 51.9 Å². The first-order chi connectivity index (χ1) is 9.28. The Morgan fingerprint density at radius 1 is 1.10 bits per heavy atom. The monoisotopic (exact) mass is 276 g/mol. The SMILES string of the molecule is CCN(CC1C(N)C(C)(C)OC1(C)C)c1ccccc1. The Kier molecular flexibility index (Phi) is 4.12. The fourth-order valence-corrected chi connectivity index (χ4v) is 3.37. The standard InChI is InChI=1S/C17H28N2O/c1-6-19(13-10-8-7-9-11-13)12-14-15(18)17(4,5)20-16(14,2)3/h7-11,14-15H,6,12,18H2,1-5H3. The smallest absolute Gasteiger partial charge is 0.0788 e. The highest BCUT2D eigenvalue weighted by Gasteiger charge is 2.52. The third kappa shape index (κ3) is 2.84. The van der Waals surface area contributed by atoms with Crippen LogP contribution < -0.4 is 10.6 Å². The predicted octanol–water partition coefficient (Wildman–Crippen LogP) is 3.04. The zero-order chi connectivity index (χ0) is 15.0. The molecule has 1 aromatic carbocycles. The van der Waals surface area contributed by atoms with Gasteiger partial charge in [0.1, 0.15) is 0 Å². The van der Waals surface area contributed by atoms with Gasteiger partial charge in [0.2, 0.25) is 0 Å². The molecule has 1 aliphatic heterocycles. The zero-order valence-corrected chi connectivity index (χ0v) is 13.4. The third-order valence-electron chi connectivity index (χ3n) is 4.58. The van der Waals surface area contributed by atoms with Crippen LogP contribution in [0, 0.1) is 5.92 Å². The minimum atomic E-state index is -0.260. The maximum atomic E-state index is 6.46. The van der Waals surface area contributed by atoms with E-state index in [9.17, 15) is 0 Å². The van der Waals surface area contributed by atoms with Crippen LogP contribution in [-0.2, 0) is 4.74 Å². The first kappa shape index (κ1) is 15.3. The Balaban J connectivity index is 2.19. The minimum absolute atomic E-state index is 0.0512. The summed E-state index contributed by atoms with van der Waals surface area (Å²) in [6, 6.07) is 10.6. The van der Waals surface area contributed by atoms with Gasteiger partial charge in [-0.3, -0.25) is 0 Å². The van der Waals surface area contributed by atoms with Crippen LogP contribution in [0.25, 0.3) is 0 Å². The lowest BCUT2D eigenvalue weighted by Gasteiger charge is -2.34. The van der Waals surface area contributed by atoms with Crippen molar-refractivity contribution < 1.29 is 4.74 Å². The van der Waals surface area contributed by atoms with E-state index in [1.807, 2.05) is 0 Å². The maximum absolute atomic E-state index is 6.46. The Morgan fingerprint density at radius 2 is 1.70 bits per heavy atom. The summed E-state index contributed by atoms with van der Waals surface area (Å²) in [5, 5.41) is 0. The number of anilines is 1. The number of nitrogens with zero attached hydrogens (tertiary/aromatic N) is 1. The highest BCUT2D eigenvalue weighted by Crippen LogP contribution is 2.41. The molecule has 0 radical (unpaired) electrons. The number of hydrogen-bond acceptors (Lipinski definition) is 3. The van der Waals surface area contributed by atoms with Crippen LogP contribution in [0.15, 0.2) is 30.3 Å². The van der Waals surface area contributed by atoms with E-state index >= 15 is 0 Å². The maximum Gasteiger partial charge on any atom is 0.0788 e. The lowest BCUT2D eigenvalue weighted by Crippen LogP contribution is -2.48. The summed E-state index contributed by atoms with van der Waals surface area (Å²) in [7, 11) is 0. The van der Waals surface area contributed by atoms with Crippen molar-refractivity contribution in [3.05, 3.63) is 30.3 Å². The lowest BCUT2D eigenvalue weighted by molar-refractivity contribution is -0.0757. The molecule has 112 valence electrons. The second kappa shape index (κ2) is 5.38. The number of benzene rings is 1. The highest BCUT2D eigenvalue weighted by molar-refractivity contribution is 5.46. The summed E-state index contributed by atoms with van der Waals surface area (Å²) in [6.07, 6.45) is 0. The zero-order valence-electron chi connectivity index (χ0n) is 13.4. The van der Waals surface area contributed by atoms with Crippen molar-refractivity contribution in [2.75, 3.05) is 18.0 Å². The Labute approximate surface area is 123 Å². The summed E-state index contributed by atoms with van der Waals surface area (Å²) in [5.74, 6) is 0.317. The van der Waals surface area contributed by atoms with Gasteiger partial charge >= 0.3 is 0 Å². The van der Waals surface area contributed by atoms with Crippen molar-refractivity contribution in [2.24, 2.45) is 11.7 Å². The van der Waals surface area contributed by atoms with E-state index in [-0.39, 0.29) is 17.2 Å². The Bertz CT molecular complexity index is 442. The average molecular weight is 276 g/mol. The molecule has 1 aliphatic rings. The molecule has 20 heavy (non-hydrogen) atoms. The normalized spacial score (nSPS) is 27.5. The van der Waals surface area contributed by atoms with E-state index in [0.29, 0.717) is 5.92 Å². The van der Waals surface area contributed by atoms with Gasteiger partial charge in [-0.1, -0.05) is 18.2 Å². The topological polar surface area (TPSA) is 38.5 Å². The molecule has 3 nitrogen and oxygen atoms in total. The van der Waals surface area contributed by atoms with Crippen molar-refractivity contribution in [3.63, 3.8) is 0 Å². The molecule has 1 saturated heterocycles. The van der Waals surface area contributed by atoms with Crippen LogP contribution in [-0.4, -0.2) is 30.3 Å². The van der Waals surface area contributed by atoms with E-state index in [0.717, 1.165) is 13.1 Å². The number of para-hydroxylation sites is 1. The average Bonchev–Trinajstić information content (AvgIpc) is 2.53. The van der Waals surface area contributed by atoms with Gasteiger partial charge in [0.05, 0.1) is 11.2 Å². The second-order valence-corrected chi connectivity index (χ2v) is 6.82. The van der Waals surface area contributed by atoms with Gasteiger partial charge in [0.15, 0.2) is 0 Å². The molecular formula is C17H28N2O. The number of rotatable bonds is 4. The lowest BCUT2D eigenvalue weighted by atomic mass is 9.82. The molecule has 2 rings (SSSR count). The molecule has 0 spiro atoms. The van der Waals surface area contributed by atoms with E-state index in [1.165, 1.54) is 5.69 Å². The molecule has 2 N–H and O–H groups in total. The highest BCUT2D eigenvalue weighted by atomic mass is 16.5. The Morgan fingerprint density at radius 3 is 2.15 bits per heavy atom. The molecule has 0 aliphatic carbocycles. The molecule has 2 atom stereocenters. The molecule has 1 fully saturated rings. The van der Waals surface area contributed by atoms with E-state index in [1.54, 1.807) is 0 Å². The summed E-state index contributed by atoms with van der Waals surface area (Å²) in [6.45, 7) is 12.6. The van der Waals surface area contributed by atoms with E-state index < -0.39 is 0 Å².